The first-order valence-electron chi connectivity index (χ1n) is 12.6. The minimum atomic E-state index is -0.762. The van der Waals surface area contributed by atoms with E-state index in [1.165, 1.54) is 32.1 Å². The highest BCUT2D eigenvalue weighted by Crippen LogP contribution is 2.66. The Kier molecular flexibility index (Phi) is 5.80. The summed E-state index contributed by atoms with van der Waals surface area (Å²) in [6.07, 6.45) is 12.7. The van der Waals surface area contributed by atoms with Crippen molar-refractivity contribution in [3.63, 3.8) is 0 Å². The summed E-state index contributed by atoms with van der Waals surface area (Å²) in [5.74, 6) is 2.86. The number of aliphatic hydroxyl groups excluding tert-OH is 1. The highest BCUT2D eigenvalue weighted by atomic mass is 16.3. The van der Waals surface area contributed by atoms with Crippen molar-refractivity contribution in [1.29, 1.82) is 0 Å². The molecule has 3 saturated carbocycles. The molecule has 3 fully saturated rings. The highest BCUT2D eigenvalue weighted by Gasteiger charge is 2.58. The van der Waals surface area contributed by atoms with E-state index in [0.29, 0.717) is 47.7 Å². The lowest BCUT2D eigenvalue weighted by Crippen LogP contribution is -2.50. The zero-order valence-electron chi connectivity index (χ0n) is 19.9. The monoisotopic (exact) mass is 416 g/mol. The zero-order chi connectivity index (χ0) is 21.9. The van der Waals surface area contributed by atoms with Gasteiger partial charge in [-0.2, -0.15) is 0 Å². The van der Waals surface area contributed by atoms with Crippen LogP contribution >= 0.6 is 0 Å². The number of hydrogen-bond acceptors (Lipinski definition) is 3. The van der Waals surface area contributed by atoms with Gasteiger partial charge in [0, 0.05) is 12.3 Å². The van der Waals surface area contributed by atoms with Crippen LogP contribution in [0, 0.1) is 40.4 Å². The van der Waals surface area contributed by atoms with E-state index in [1.54, 1.807) is 19.4 Å². The smallest absolute Gasteiger partial charge is 0.136 e. The number of fused-ring (bicyclic) bond motifs is 5. The fourth-order valence-corrected chi connectivity index (χ4v) is 8.23. The lowest BCUT2D eigenvalue weighted by Gasteiger charge is -2.57. The van der Waals surface area contributed by atoms with Crippen molar-refractivity contribution in [1.82, 2.24) is 0 Å². The summed E-state index contributed by atoms with van der Waals surface area (Å²) < 4.78 is 0. The van der Waals surface area contributed by atoms with Crippen LogP contribution in [0.1, 0.15) is 98.8 Å². The van der Waals surface area contributed by atoms with Gasteiger partial charge >= 0.3 is 0 Å². The predicted molar refractivity (Wildman–Crippen MR) is 121 cm³/mol. The molecule has 0 heterocycles. The summed E-state index contributed by atoms with van der Waals surface area (Å²) in [5, 5.41) is 20.3. The van der Waals surface area contributed by atoms with Crippen LogP contribution in [-0.4, -0.2) is 27.7 Å². The number of allylic oxidation sites excluding steroid dienone is 2. The van der Waals surface area contributed by atoms with Crippen LogP contribution in [0.4, 0.5) is 0 Å². The van der Waals surface area contributed by atoms with E-state index in [0.717, 1.165) is 19.3 Å². The molecule has 0 amide bonds. The van der Waals surface area contributed by atoms with E-state index in [4.69, 9.17) is 0 Å². The largest absolute Gasteiger partial charge is 0.393 e. The highest BCUT2D eigenvalue weighted by molar-refractivity contribution is 5.81. The summed E-state index contributed by atoms with van der Waals surface area (Å²) in [6.45, 7) is 10.7. The van der Waals surface area contributed by atoms with Gasteiger partial charge in [0.2, 0.25) is 0 Å². The van der Waals surface area contributed by atoms with Gasteiger partial charge in [-0.25, -0.2) is 0 Å². The van der Waals surface area contributed by atoms with Crippen LogP contribution in [-0.2, 0) is 4.79 Å². The molecule has 0 aromatic rings. The van der Waals surface area contributed by atoms with Crippen LogP contribution in [0.2, 0.25) is 0 Å². The van der Waals surface area contributed by atoms with Gasteiger partial charge in [0.1, 0.15) is 5.78 Å². The molecule has 170 valence electrons. The van der Waals surface area contributed by atoms with Crippen molar-refractivity contribution in [3.8, 4) is 0 Å². The number of aliphatic hydroxyl groups is 2. The Hall–Kier alpha value is -0.670. The average Bonchev–Trinajstić information content (AvgIpc) is 3.02. The molecule has 0 bridgehead atoms. The predicted octanol–water partition coefficient (Wildman–Crippen LogP) is 5.68. The summed E-state index contributed by atoms with van der Waals surface area (Å²) in [5.41, 5.74) is 1.56. The van der Waals surface area contributed by atoms with Gasteiger partial charge in [0.25, 0.3) is 0 Å². The van der Waals surface area contributed by atoms with E-state index in [2.05, 4.69) is 26.8 Å². The number of rotatable bonds is 5. The first-order chi connectivity index (χ1) is 14.0. The van der Waals surface area contributed by atoms with E-state index in [1.807, 2.05) is 0 Å². The number of Topliss-reactive ketones (excluding diaryl/α,β-unsaturated/α-hetero) is 1. The Labute approximate surface area is 183 Å². The van der Waals surface area contributed by atoms with Gasteiger partial charge in [0.15, 0.2) is 0 Å². The molecule has 4 aliphatic rings. The van der Waals surface area contributed by atoms with E-state index < -0.39 is 5.60 Å². The molecule has 0 saturated heterocycles. The van der Waals surface area contributed by atoms with Crippen molar-refractivity contribution in [2.45, 2.75) is 111 Å². The molecule has 0 aromatic carbocycles. The van der Waals surface area contributed by atoms with Gasteiger partial charge < -0.3 is 10.2 Å². The van der Waals surface area contributed by atoms with Gasteiger partial charge in [-0.05, 0) is 106 Å². The molecule has 3 heteroatoms. The molecule has 4 aliphatic carbocycles. The molecule has 2 N–H and O–H groups in total. The second-order valence-electron chi connectivity index (χ2n) is 12.5. The normalized spacial score (nSPS) is 44.5. The Balaban J connectivity index is 1.52. The fraction of sp³-hybridized carbons (Fsp3) is 0.889. The first-order valence-corrected chi connectivity index (χ1v) is 12.6. The summed E-state index contributed by atoms with van der Waals surface area (Å²) >= 11 is 0. The van der Waals surface area contributed by atoms with E-state index >= 15 is 0 Å². The maximum Gasteiger partial charge on any atom is 0.136 e. The lowest BCUT2D eigenvalue weighted by molar-refractivity contribution is -0.127. The molecule has 0 aliphatic heterocycles. The van der Waals surface area contributed by atoms with Crippen LogP contribution in [0.15, 0.2) is 11.6 Å². The summed E-state index contributed by atoms with van der Waals surface area (Å²) in [4.78, 5) is 13.0. The molecule has 8 atom stereocenters. The Morgan fingerprint density at radius 2 is 1.80 bits per heavy atom. The second kappa shape index (κ2) is 7.73. The van der Waals surface area contributed by atoms with Crippen LogP contribution < -0.4 is 0 Å². The second-order valence-corrected chi connectivity index (χ2v) is 12.5. The number of ketones is 1. The third-order valence-electron chi connectivity index (χ3n) is 10.2. The van der Waals surface area contributed by atoms with Crippen molar-refractivity contribution >= 4 is 5.78 Å². The maximum atomic E-state index is 13.0. The van der Waals surface area contributed by atoms with E-state index in [-0.39, 0.29) is 17.4 Å². The minimum Gasteiger partial charge on any atom is -0.393 e. The Morgan fingerprint density at radius 3 is 2.50 bits per heavy atom. The third-order valence-corrected chi connectivity index (χ3v) is 10.2. The Bertz CT molecular complexity index is 703. The number of carbonyl (C=O) groups is 1. The molecule has 3 nitrogen and oxygen atoms in total. The molecule has 1 unspecified atom stereocenters. The molecule has 0 aromatic heterocycles. The topological polar surface area (TPSA) is 57.5 Å². The minimum absolute atomic E-state index is 0.0938. The fourth-order valence-electron chi connectivity index (χ4n) is 8.23. The van der Waals surface area contributed by atoms with Gasteiger partial charge in [-0.1, -0.05) is 32.4 Å². The van der Waals surface area contributed by atoms with Crippen LogP contribution in [0.3, 0.4) is 0 Å². The molecule has 30 heavy (non-hydrogen) atoms. The molecule has 4 rings (SSSR count). The third kappa shape index (κ3) is 3.72. The molecular formula is C27H44O3. The van der Waals surface area contributed by atoms with E-state index in [9.17, 15) is 15.0 Å². The average molecular weight is 417 g/mol. The molecular weight excluding hydrogens is 372 g/mol. The molecule has 0 spiro atoms. The molecule has 0 radical (unpaired) electrons. The van der Waals surface area contributed by atoms with Crippen LogP contribution in [0.25, 0.3) is 0 Å². The number of carbonyl (C=O) groups excluding carboxylic acids is 1. The lowest BCUT2D eigenvalue weighted by atomic mass is 9.47. The summed E-state index contributed by atoms with van der Waals surface area (Å²) in [7, 11) is 0. The van der Waals surface area contributed by atoms with Crippen LogP contribution in [0.5, 0.6) is 0 Å². The van der Waals surface area contributed by atoms with Crippen molar-refractivity contribution < 1.29 is 15.0 Å². The quantitative estimate of drug-likeness (QED) is 0.567. The van der Waals surface area contributed by atoms with Crippen molar-refractivity contribution in [3.05, 3.63) is 11.6 Å². The Morgan fingerprint density at radius 1 is 1.13 bits per heavy atom. The van der Waals surface area contributed by atoms with Crippen molar-refractivity contribution in [2.24, 2.45) is 40.4 Å². The summed E-state index contributed by atoms with van der Waals surface area (Å²) in [6, 6.07) is 0. The van der Waals surface area contributed by atoms with Gasteiger partial charge in [-0.3, -0.25) is 4.79 Å². The zero-order valence-corrected chi connectivity index (χ0v) is 19.9. The maximum absolute atomic E-state index is 13.0. The first kappa shape index (κ1) is 22.5. The van der Waals surface area contributed by atoms with Crippen molar-refractivity contribution in [2.75, 3.05) is 0 Å². The SMILES string of the molecule is C[C@H](C(=O)CCC(C)(C)O)[C@H]1CC[C@H]2C3=CCC4C[C@@H](O)CC[C@]4(C)[C@H]3CC[C@]12C. The number of hydrogen-bond donors (Lipinski definition) is 2. The standard InChI is InChI=1S/C27H44O3/c1-17(24(29)12-13-25(2,3)30)21-8-9-22-20-7-6-18-16-19(28)10-14-26(18,4)23(20)11-15-27(21,22)5/h7,17-19,21-23,28,30H,6,8-16H2,1-5H3/t17-,18?,19-,21+,22-,23-,26-,27+/m0/s1. The van der Waals surface area contributed by atoms with Gasteiger partial charge in [-0.15, -0.1) is 0 Å². The van der Waals surface area contributed by atoms with Gasteiger partial charge in [0.05, 0.1) is 11.7 Å².